The summed E-state index contributed by atoms with van der Waals surface area (Å²) < 4.78 is 1.55. The van der Waals surface area contributed by atoms with E-state index < -0.39 is 0 Å². The maximum Gasteiger partial charge on any atom is 0.234 e. The van der Waals surface area contributed by atoms with Crippen LogP contribution in [0, 0.1) is 0 Å². The molecule has 3 aromatic rings. The summed E-state index contributed by atoms with van der Waals surface area (Å²) in [5, 5.41) is 14.0. The summed E-state index contributed by atoms with van der Waals surface area (Å²) in [4.78, 5) is 13.4. The number of thioether (sulfide) groups is 1. The highest BCUT2D eigenvalue weighted by Gasteiger charge is 2.12. The first-order chi connectivity index (χ1) is 12.3. The normalized spacial score (nSPS) is 12.8. The van der Waals surface area contributed by atoms with Gasteiger partial charge in [-0.2, -0.15) is 0 Å². The van der Waals surface area contributed by atoms with Crippen molar-refractivity contribution >= 4 is 23.4 Å². The molecule has 0 unspecified atom stereocenters. The van der Waals surface area contributed by atoms with Gasteiger partial charge in [-0.25, -0.2) is 4.68 Å². The van der Waals surface area contributed by atoms with E-state index in [-0.39, 0.29) is 5.91 Å². The SMILES string of the molecule is O=C(CSc1ccc2c(c1)CCC2)Nc1cccc(-n2cnnn2)c1. The smallest absolute Gasteiger partial charge is 0.234 e. The topological polar surface area (TPSA) is 72.7 Å². The number of nitrogens with zero attached hydrogens (tertiary/aromatic N) is 4. The summed E-state index contributed by atoms with van der Waals surface area (Å²) in [6.45, 7) is 0. The largest absolute Gasteiger partial charge is 0.325 e. The Balaban J connectivity index is 1.37. The summed E-state index contributed by atoms with van der Waals surface area (Å²) in [5.41, 5.74) is 4.41. The van der Waals surface area contributed by atoms with Gasteiger partial charge in [-0.1, -0.05) is 12.1 Å². The number of nitrogens with one attached hydrogen (secondary N) is 1. The first-order valence-electron chi connectivity index (χ1n) is 8.16. The second kappa shape index (κ2) is 7.06. The molecule has 7 heteroatoms. The van der Waals surface area contributed by atoms with Crippen molar-refractivity contribution in [3.8, 4) is 5.69 Å². The average molecular weight is 351 g/mol. The van der Waals surface area contributed by atoms with E-state index in [1.807, 2.05) is 24.3 Å². The van der Waals surface area contributed by atoms with Gasteiger partial charge in [0.1, 0.15) is 6.33 Å². The first kappa shape index (κ1) is 15.8. The molecule has 1 aliphatic rings. The lowest BCUT2D eigenvalue weighted by Crippen LogP contribution is -2.14. The number of hydrogen-bond acceptors (Lipinski definition) is 5. The quantitative estimate of drug-likeness (QED) is 0.716. The third-order valence-electron chi connectivity index (χ3n) is 4.18. The molecule has 6 nitrogen and oxygen atoms in total. The van der Waals surface area contributed by atoms with Gasteiger partial charge in [0.05, 0.1) is 11.4 Å². The van der Waals surface area contributed by atoms with E-state index in [1.54, 1.807) is 16.4 Å². The van der Waals surface area contributed by atoms with E-state index in [1.165, 1.54) is 30.3 Å². The molecule has 0 spiro atoms. The zero-order valence-corrected chi connectivity index (χ0v) is 14.4. The Morgan fingerprint density at radius 1 is 1.16 bits per heavy atom. The van der Waals surface area contributed by atoms with Crippen LogP contribution in [0.25, 0.3) is 5.69 Å². The number of carbonyl (C=O) groups is 1. The molecule has 1 heterocycles. The van der Waals surface area contributed by atoms with Crippen LogP contribution in [0.2, 0.25) is 0 Å². The van der Waals surface area contributed by atoms with Crippen LogP contribution in [-0.4, -0.2) is 31.9 Å². The number of fused-ring (bicyclic) bond motifs is 1. The van der Waals surface area contributed by atoms with Gasteiger partial charge in [-0.15, -0.1) is 16.9 Å². The molecule has 0 saturated carbocycles. The Bertz CT molecular complexity index is 894. The fourth-order valence-corrected chi connectivity index (χ4v) is 3.75. The van der Waals surface area contributed by atoms with Gasteiger partial charge in [-0.3, -0.25) is 4.79 Å². The van der Waals surface area contributed by atoms with Crippen molar-refractivity contribution in [2.75, 3.05) is 11.1 Å². The standard InChI is InChI=1S/C18H17N5OS/c24-18(11-25-17-8-7-13-3-1-4-14(13)9-17)20-15-5-2-6-16(10-15)23-12-19-21-22-23/h2,5-10,12H,1,3-4,11H2,(H,20,24). The maximum atomic E-state index is 12.2. The van der Waals surface area contributed by atoms with Gasteiger partial charge in [0, 0.05) is 10.6 Å². The van der Waals surface area contributed by atoms with Gasteiger partial charge in [0.2, 0.25) is 5.91 Å². The Kier molecular flexibility index (Phi) is 4.47. The summed E-state index contributed by atoms with van der Waals surface area (Å²) in [5.74, 6) is 0.354. The summed E-state index contributed by atoms with van der Waals surface area (Å²) >= 11 is 1.57. The minimum atomic E-state index is -0.0284. The lowest BCUT2D eigenvalue weighted by atomic mass is 10.1. The van der Waals surface area contributed by atoms with Gasteiger partial charge in [-0.05, 0) is 71.1 Å². The van der Waals surface area contributed by atoms with Crippen LogP contribution < -0.4 is 5.32 Å². The number of anilines is 1. The van der Waals surface area contributed by atoms with E-state index in [2.05, 4.69) is 39.0 Å². The number of rotatable bonds is 5. The maximum absolute atomic E-state index is 12.2. The van der Waals surface area contributed by atoms with Crippen molar-refractivity contribution in [1.29, 1.82) is 0 Å². The monoisotopic (exact) mass is 351 g/mol. The van der Waals surface area contributed by atoms with Crippen molar-refractivity contribution in [2.24, 2.45) is 0 Å². The number of carbonyl (C=O) groups excluding carboxylic acids is 1. The van der Waals surface area contributed by atoms with Crippen LogP contribution in [0.3, 0.4) is 0 Å². The number of aryl methyl sites for hydroxylation is 2. The molecule has 0 atom stereocenters. The van der Waals surface area contributed by atoms with Crippen LogP contribution in [0.4, 0.5) is 5.69 Å². The van der Waals surface area contributed by atoms with E-state index in [4.69, 9.17) is 0 Å². The third kappa shape index (κ3) is 3.71. The third-order valence-corrected chi connectivity index (χ3v) is 5.18. The molecule has 0 aliphatic heterocycles. The zero-order valence-electron chi connectivity index (χ0n) is 13.6. The second-order valence-electron chi connectivity index (χ2n) is 5.93. The van der Waals surface area contributed by atoms with Gasteiger partial charge >= 0.3 is 0 Å². The lowest BCUT2D eigenvalue weighted by Gasteiger charge is -2.08. The average Bonchev–Trinajstić information content (AvgIpc) is 3.31. The molecule has 0 saturated heterocycles. The van der Waals surface area contributed by atoms with Crippen molar-refractivity contribution in [3.05, 3.63) is 59.9 Å². The predicted octanol–water partition coefficient (Wildman–Crippen LogP) is 2.88. The molecular formula is C18H17N5OS. The lowest BCUT2D eigenvalue weighted by molar-refractivity contribution is -0.113. The van der Waals surface area contributed by atoms with Gasteiger partial charge in [0.25, 0.3) is 0 Å². The second-order valence-corrected chi connectivity index (χ2v) is 6.97. The Morgan fingerprint density at radius 2 is 2.08 bits per heavy atom. The highest BCUT2D eigenvalue weighted by atomic mass is 32.2. The summed E-state index contributed by atoms with van der Waals surface area (Å²) in [6, 6.07) is 14.0. The molecule has 1 amide bonds. The van der Waals surface area contributed by atoms with Crippen LogP contribution in [0.15, 0.2) is 53.7 Å². The molecule has 4 rings (SSSR count). The van der Waals surface area contributed by atoms with E-state index in [0.717, 1.165) is 22.7 Å². The van der Waals surface area contributed by atoms with Crippen LogP contribution in [-0.2, 0) is 17.6 Å². The van der Waals surface area contributed by atoms with E-state index in [0.29, 0.717) is 5.75 Å². The minimum absolute atomic E-state index is 0.0284. The Hall–Kier alpha value is -2.67. The Morgan fingerprint density at radius 3 is 2.96 bits per heavy atom. The first-order valence-corrected chi connectivity index (χ1v) is 9.14. The van der Waals surface area contributed by atoms with E-state index >= 15 is 0 Å². The van der Waals surface area contributed by atoms with Crippen LogP contribution >= 0.6 is 11.8 Å². The molecule has 0 radical (unpaired) electrons. The fraction of sp³-hybridized carbons (Fsp3) is 0.222. The van der Waals surface area contributed by atoms with Gasteiger partial charge in [0.15, 0.2) is 0 Å². The molecular weight excluding hydrogens is 334 g/mol. The molecule has 1 aliphatic carbocycles. The number of hydrogen-bond donors (Lipinski definition) is 1. The van der Waals surface area contributed by atoms with Crippen molar-refractivity contribution in [1.82, 2.24) is 20.2 Å². The van der Waals surface area contributed by atoms with Crippen molar-refractivity contribution in [3.63, 3.8) is 0 Å². The van der Waals surface area contributed by atoms with E-state index in [9.17, 15) is 4.79 Å². The number of benzene rings is 2. The van der Waals surface area contributed by atoms with Crippen molar-refractivity contribution < 1.29 is 4.79 Å². The highest BCUT2D eigenvalue weighted by Crippen LogP contribution is 2.27. The molecule has 25 heavy (non-hydrogen) atoms. The highest BCUT2D eigenvalue weighted by molar-refractivity contribution is 8.00. The molecule has 0 bridgehead atoms. The Labute approximate surface area is 149 Å². The van der Waals surface area contributed by atoms with Crippen molar-refractivity contribution in [2.45, 2.75) is 24.2 Å². The molecule has 1 aromatic heterocycles. The summed E-state index contributed by atoms with van der Waals surface area (Å²) in [6.07, 6.45) is 5.09. The molecule has 126 valence electrons. The zero-order chi connectivity index (χ0) is 17.1. The molecule has 1 N–H and O–H groups in total. The summed E-state index contributed by atoms with van der Waals surface area (Å²) in [7, 11) is 0. The van der Waals surface area contributed by atoms with Crippen LogP contribution in [0.5, 0.6) is 0 Å². The van der Waals surface area contributed by atoms with Gasteiger partial charge < -0.3 is 5.32 Å². The number of aromatic nitrogens is 4. The minimum Gasteiger partial charge on any atom is -0.325 e. The molecule has 0 fully saturated rings. The fourth-order valence-electron chi connectivity index (χ4n) is 2.99. The predicted molar refractivity (Wildman–Crippen MR) is 97.0 cm³/mol. The molecule has 2 aromatic carbocycles. The number of amides is 1. The number of tetrazole rings is 1. The van der Waals surface area contributed by atoms with Crippen LogP contribution in [0.1, 0.15) is 17.5 Å².